The summed E-state index contributed by atoms with van der Waals surface area (Å²) < 4.78 is 5.12. The lowest BCUT2D eigenvalue weighted by molar-refractivity contribution is 0.388. The van der Waals surface area contributed by atoms with Crippen molar-refractivity contribution in [2.24, 2.45) is 0 Å². The molecule has 13 heavy (non-hydrogen) atoms. The van der Waals surface area contributed by atoms with Crippen LogP contribution in [0.25, 0.3) is 0 Å². The normalized spacial score (nSPS) is 20.4. The zero-order valence-corrected chi connectivity index (χ0v) is 8.04. The van der Waals surface area contributed by atoms with Crippen molar-refractivity contribution in [3.8, 4) is 6.07 Å². The molecule has 0 radical (unpaired) electrons. The van der Waals surface area contributed by atoms with Crippen LogP contribution in [0.15, 0.2) is 12.2 Å². The summed E-state index contributed by atoms with van der Waals surface area (Å²) in [7, 11) is 0. The number of epoxide rings is 1. The van der Waals surface area contributed by atoms with Crippen LogP contribution < -0.4 is 0 Å². The Morgan fingerprint density at radius 2 is 2.08 bits per heavy atom. The molecule has 0 aliphatic carbocycles. The van der Waals surface area contributed by atoms with Crippen molar-refractivity contribution < 1.29 is 4.74 Å². The van der Waals surface area contributed by atoms with E-state index in [0.717, 1.165) is 13.0 Å². The Hall–Kier alpha value is -0.810. The minimum atomic E-state index is 0.596. The molecule has 1 unspecified atom stereocenters. The molecule has 0 bridgehead atoms. The van der Waals surface area contributed by atoms with Gasteiger partial charge in [-0.15, -0.1) is 0 Å². The third-order valence-electron chi connectivity index (χ3n) is 2.24. The molecule has 0 aromatic heterocycles. The number of nitriles is 1. The highest BCUT2D eigenvalue weighted by molar-refractivity contribution is 5.01. The molecule has 0 aromatic carbocycles. The van der Waals surface area contributed by atoms with Gasteiger partial charge in [0.15, 0.2) is 0 Å². The van der Waals surface area contributed by atoms with Crippen LogP contribution in [0.1, 0.15) is 38.5 Å². The molecular formula is C11H17NO. The number of ether oxygens (including phenoxy) is 1. The topological polar surface area (TPSA) is 36.3 Å². The van der Waals surface area contributed by atoms with E-state index in [0.29, 0.717) is 6.10 Å². The van der Waals surface area contributed by atoms with Crippen molar-refractivity contribution in [3.63, 3.8) is 0 Å². The molecule has 0 N–H and O–H groups in total. The molecule has 1 heterocycles. The van der Waals surface area contributed by atoms with Crippen LogP contribution in [-0.2, 0) is 4.74 Å². The molecule has 1 atom stereocenters. The molecular weight excluding hydrogens is 162 g/mol. The Labute approximate surface area is 80.2 Å². The van der Waals surface area contributed by atoms with Gasteiger partial charge in [0, 0.05) is 6.08 Å². The quantitative estimate of drug-likeness (QED) is 0.342. The van der Waals surface area contributed by atoms with Gasteiger partial charge in [-0.05, 0) is 19.3 Å². The monoisotopic (exact) mass is 179 g/mol. The largest absolute Gasteiger partial charge is 0.373 e. The van der Waals surface area contributed by atoms with Gasteiger partial charge in [-0.1, -0.05) is 25.3 Å². The van der Waals surface area contributed by atoms with Gasteiger partial charge in [-0.3, -0.25) is 0 Å². The van der Waals surface area contributed by atoms with Crippen LogP contribution in [-0.4, -0.2) is 12.7 Å². The molecule has 1 fully saturated rings. The van der Waals surface area contributed by atoms with E-state index in [9.17, 15) is 0 Å². The Bertz CT molecular complexity index is 189. The summed E-state index contributed by atoms with van der Waals surface area (Å²) in [5, 5.41) is 8.22. The van der Waals surface area contributed by atoms with E-state index in [1.165, 1.54) is 32.1 Å². The van der Waals surface area contributed by atoms with Crippen molar-refractivity contribution >= 4 is 0 Å². The zero-order chi connectivity index (χ0) is 9.36. The number of nitrogens with zero attached hydrogens (tertiary/aromatic N) is 1. The number of hydrogen-bond donors (Lipinski definition) is 0. The first-order valence-electron chi connectivity index (χ1n) is 5.09. The van der Waals surface area contributed by atoms with Crippen molar-refractivity contribution in [2.45, 2.75) is 44.6 Å². The molecule has 2 heteroatoms. The van der Waals surface area contributed by atoms with Gasteiger partial charge in [0.25, 0.3) is 0 Å². The number of hydrogen-bond acceptors (Lipinski definition) is 2. The Morgan fingerprint density at radius 1 is 1.31 bits per heavy atom. The maximum absolute atomic E-state index is 8.22. The Balaban J connectivity index is 1.73. The first-order chi connectivity index (χ1) is 6.43. The lowest BCUT2D eigenvalue weighted by Gasteiger charge is -1.96. The van der Waals surface area contributed by atoms with E-state index in [-0.39, 0.29) is 0 Å². The van der Waals surface area contributed by atoms with Gasteiger partial charge < -0.3 is 4.74 Å². The van der Waals surface area contributed by atoms with Crippen LogP contribution in [0.2, 0.25) is 0 Å². The molecule has 0 saturated carbocycles. The summed E-state index contributed by atoms with van der Waals surface area (Å²) in [5.41, 5.74) is 0. The molecule has 0 aromatic rings. The van der Waals surface area contributed by atoms with Gasteiger partial charge in [-0.25, -0.2) is 0 Å². The smallest absolute Gasteiger partial charge is 0.0908 e. The second kappa shape index (κ2) is 6.68. The molecule has 1 saturated heterocycles. The Kier molecular flexibility index (Phi) is 5.28. The fourth-order valence-corrected chi connectivity index (χ4v) is 1.36. The predicted octanol–water partition coefficient (Wildman–Crippen LogP) is 2.81. The Morgan fingerprint density at radius 3 is 2.77 bits per heavy atom. The summed E-state index contributed by atoms with van der Waals surface area (Å²) in [6.07, 6.45) is 11.5. The fourth-order valence-electron chi connectivity index (χ4n) is 1.36. The molecule has 1 aliphatic rings. The molecule has 1 rings (SSSR count). The SMILES string of the molecule is N#C/C=C\CCCCCCC1CO1. The van der Waals surface area contributed by atoms with Gasteiger partial charge in [0.1, 0.15) is 0 Å². The van der Waals surface area contributed by atoms with Crippen molar-refractivity contribution in [1.82, 2.24) is 0 Å². The molecule has 72 valence electrons. The van der Waals surface area contributed by atoms with Gasteiger partial charge in [0.2, 0.25) is 0 Å². The summed E-state index contributed by atoms with van der Waals surface area (Å²) in [6.45, 7) is 0.991. The fraction of sp³-hybridized carbons (Fsp3) is 0.727. The van der Waals surface area contributed by atoms with E-state index < -0.39 is 0 Å². The predicted molar refractivity (Wildman–Crippen MR) is 52.2 cm³/mol. The summed E-state index contributed by atoms with van der Waals surface area (Å²) in [4.78, 5) is 0. The van der Waals surface area contributed by atoms with E-state index >= 15 is 0 Å². The standard InChI is InChI=1S/C11H17NO/c12-9-7-5-3-1-2-4-6-8-11-10-13-11/h5,7,11H,1-4,6,8,10H2/b7-5-. The average Bonchev–Trinajstić information content (AvgIpc) is 2.93. The van der Waals surface area contributed by atoms with Crippen LogP contribution in [0.5, 0.6) is 0 Å². The first kappa shape index (κ1) is 10.3. The van der Waals surface area contributed by atoms with Crippen molar-refractivity contribution in [3.05, 3.63) is 12.2 Å². The van der Waals surface area contributed by atoms with Gasteiger partial charge in [-0.2, -0.15) is 5.26 Å². The maximum atomic E-state index is 8.22. The lowest BCUT2D eigenvalue weighted by Crippen LogP contribution is -1.85. The molecule has 0 amide bonds. The molecule has 0 spiro atoms. The van der Waals surface area contributed by atoms with E-state index in [4.69, 9.17) is 10.00 Å². The third-order valence-corrected chi connectivity index (χ3v) is 2.24. The van der Waals surface area contributed by atoms with Crippen molar-refractivity contribution in [1.29, 1.82) is 5.26 Å². The summed E-state index contributed by atoms with van der Waals surface area (Å²) in [6, 6.07) is 2.00. The van der Waals surface area contributed by atoms with Crippen LogP contribution in [0.3, 0.4) is 0 Å². The average molecular weight is 179 g/mol. The third kappa shape index (κ3) is 6.36. The zero-order valence-electron chi connectivity index (χ0n) is 8.04. The maximum Gasteiger partial charge on any atom is 0.0908 e. The highest BCUT2D eigenvalue weighted by atomic mass is 16.6. The van der Waals surface area contributed by atoms with Crippen LogP contribution in [0.4, 0.5) is 0 Å². The summed E-state index contributed by atoms with van der Waals surface area (Å²) in [5.74, 6) is 0. The van der Waals surface area contributed by atoms with E-state index in [1.54, 1.807) is 6.08 Å². The highest BCUT2D eigenvalue weighted by Crippen LogP contribution is 2.17. The van der Waals surface area contributed by atoms with Crippen molar-refractivity contribution in [2.75, 3.05) is 6.61 Å². The van der Waals surface area contributed by atoms with Gasteiger partial charge >= 0.3 is 0 Å². The molecule has 1 aliphatic heterocycles. The summed E-state index contributed by atoms with van der Waals surface area (Å²) >= 11 is 0. The molecule has 2 nitrogen and oxygen atoms in total. The van der Waals surface area contributed by atoms with Gasteiger partial charge in [0.05, 0.1) is 18.8 Å². The van der Waals surface area contributed by atoms with Crippen LogP contribution >= 0.6 is 0 Å². The second-order valence-electron chi connectivity index (χ2n) is 3.48. The van der Waals surface area contributed by atoms with E-state index in [2.05, 4.69) is 0 Å². The minimum absolute atomic E-state index is 0.596. The number of rotatable bonds is 7. The number of allylic oxidation sites excluding steroid dienone is 2. The van der Waals surface area contributed by atoms with Crippen LogP contribution in [0, 0.1) is 11.3 Å². The minimum Gasteiger partial charge on any atom is -0.373 e. The highest BCUT2D eigenvalue weighted by Gasteiger charge is 2.20. The lowest BCUT2D eigenvalue weighted by atomic mass is 10.1. The number of unbranched alkanes of at least 4 members (excludes halogenated alkanes) is 4. The second-order valence-corrected chi connectivity index (χ2v) is 3.48. The van der Waals surface area contributed by atoms with E-state index in [1.807, 2.05) is 12.1 Å². The first-order valence-corrected chi connectivity index (χ1v) is 5.09.